The van der Waals surface area contributed by atoms with Crippen molar-refractivity contribution in [2.45, 2.75) is 90.1 Å². The van der Waals surface area contributed by atoms with Gasteiger partial charge in [0.2, 0.25) is 0 Å². The normalized spacial score (nSPS) is 13.9. The van der Waals surface area contributed by atoms with Gasteiger partial charge < -0.3 is 20.6 Å². The van der Waals surface area contributed by atoms with Crippen LogP contribution < -0.4 is 0 Å². The summed E-state index contributed by atoms with van der Waals surface area (Å²) in [4.78, 5) is 0. The first-order chi connectivity index (χ1) is 13.7. The summed E-state index contributed by atoms with van der Waals surface area (Å²) in [7, 11) is -14.7. The van der Waals surface area contributed by atoms with Gasteiger partial charge in [-0.25, -0.2) is 0 Å². The monoisotopic (exact) mass is 530 g/mol. The topological polar surface area (TPSA) is 46.2 Å². The number of rotatable bonds is 13. The highest BCUT2D eigenvalue weighted by Gasteiger charge is 2.52. The summed E-state index contributed by atoms with van der Waals surface area (Å²) in [6.07, 6.45) is 16.7. The molecule has 0 aromatic rings. The van der Waals surface area contributed by atoms with Crippen LogP contribution in [-0.2, 0) is 20.6 Å². The third-order valence-corrected chi connectivity index (χ3v) is 26.1. The summed E-state index contributed by atoms with van der Waals surface area (Å²) in [5.74, 6) is 8.22. The average molecular weight is 531 g/mol. The van der Waals surface area contributed by atoms with Crippen LogP contribution in [0.15, 0.2) is 0 Å². The maximum absolute atomic E-state index is 6.67. The quantitative estimate of drug-likeness (QED) is 0.230. The highest BCUT2D eigenvalue weighted by molar-refractivity contribution is 6.92. The van der Waals surface area contributed by atoms with Gasteiger partial charge in [-0.3, -0.25) is 0 Å². The van der Waals surface area contributed by atoms with Crippen molar-refractivity contribution >= 4 is 50.9 Å². The van der Waals surface area contributed by atoms with E-state index in [4.69, 9.17) is 39.8 Å². The summed E-state index contributed by atoms with van der Waals surface area (Å²) in [6, 6.07) is 1.82. The lowest BCUT2D eigenvalue weighted by Crippen LogP contribution is -2.63. The first-order valence-corrected chi connectivity index (χ1v) is 27.7. The molecule has 0 saturated carbocycles. The molecular weight excluding hydrogens is 489 g/mol. The van der Waals surface area contributed by atoms with E-state index in [9.17, 15) is 0 Å². The highest BCUT2D eigenvalue weighted by Crippen LogP contribution is 2.30. The summed E-state index contributed by atoms with van der Waals surface area (Å²) in [5, 5.41) is 0. The summed E-state index contributed by atoms with van der Waals surface area (Å²) in [6.45, 7) is 22.7. The molecule has 0 unspecified atom stereocenters. The molecule has 0 aliphatic heterocycles. The second-order valence-electron chi connectivity index (χ2n) is 10.6. The van der Waals surface area contributed by atoms with Crippen molar-refractivity contribution in [1.29, 1.82) is 0 Å². The van der Waals surface area contributed by atoms with Gasteiger partial charge in [0.15, 0.2) is 25.0 Å². The van der Waals surface area contributed by atoms with Gasteiger partial charge in [0.25, 0.3) is 0 Å². The maximum Gasteiger partial charge on any atom is 0.469 e. The van der Waals surface area contributed by atoms with E-state index >= 15 is 0 Å². The van der Waals surface area contributed by atoms with E-state index in [-0.39, 0.29) is 0 Å². The van der Waals surface area contributed by atoms with Crippen LogP contribution in [0.1, 0.15) is 0 Å². The van der Waals surface area contributed by atoms with Crippen LogP contribution >= 0.6 is 0 Å². The second kappa shape index (κ2) is 11.3. The van der Waals surface area contributed by atoms with Gasteiger partial charge >= 0.3 is 25.9 Å². The van der Waals surface area contributed by atoms with Crippen molar-refractivity contribution in [1.82, 2.24) is 0 Å². The summed E-state index contributed by atoms with van der Waals surface area (Å²) in [5.41, 5.74) is 0. The van der Waals surface area contributed by atoms with Gasteiger partial charge in [-0.15, -0.1) is 37.0 Å². The van der Waals surface area contributed by atoms with Crippen LogP contribution in [0.2, 0.25) is 90.1 Å². The first-order valence-electron chi connectivity index (χ1n) is 10.5. The molecule has 0 aliphatic rings. The van der Waals surface area contributed by atoms with E-state index < -0.39 is 50.9 Å². The Hall–Kier alpha value is -0.219. The van der Waals surface area contributed by atoms with Gasteiger partial charge in [0.05, 0.1) is 0 Å². The van der Waals surface area contributed by atoms with E-state index in [1.165, 1.54) is 0 Å². The van der Waals surface area contributed by atoms with Crippen LogP contribution in [0.25, 0.3) is 0 Å². The van der Waals surface area contributed by atoms with Crippen molar-refractivity contribution in [3.05, 3.63) is 0 Å². The molecule has 5 nitrogen and oxygen atoms in total. The van der Waals surface area contributed by atoms with E-state index in [1.807, 2.05) is 32.7 Å². The van der Waals surface area contributed by atoms with E-state index in [0.717, 1.165) is 0 Å². The molecule has 0 aromatic heterocycles. The minimum atomic E-state index is -3.16. The lowest BCUT2D eigenvalue weighted by atomic mass is 10.8. The van der Waals surface area contributed by atoms with Crippen molar-refractivity contribution in [2.75, 3.05) is 0 Å². The molecule has 0 spiro atoms. The Morgan fingerprint density at radius 3 is 0.968 bits per heavy atom. The molecule has 0 heterocycles. The van der Waals surface area contributed by atoms with Crippen LogP contribution in [0.5, 0.6) is 0 Å². The molecule has 0 radical (unpaired) electrons. The largest absolute Gasteiger partial charge is 0.469 e. The van der Waals surface area contributed by atoms with Gasteiger partial charge in [0, 0.05) is 24.7 Å². The van der Waals surface area contributed by atoms with Crippen LogP contribution in [-0.4, -0.2) is 50.9 Å². The van der Waals surface area contributed by atoms with Gasteiger partial charge in [-0.2, -0.15) is 0 Å². The molecule has 31 heavy (non-hydrogen) atoms. The standard InChI is InChI=1S/C20H42O5Si6/c1-15-18-26(4,5)21-29(10,11)24-31(14,23-28(8,9)20-17-3)25-30(12,13)22-27(6,7)19-16-2/h1-3H,18-20H2,4-14H3. The Morgan fingerprint density at radius 1 is 0.452 bits per heavy atom. The van der Waals surface area contributed by atoms with Crippen molar-refractivity contribution in [3.63, 3.8) is 0 Å². The maximum atomic E-state index is 6.67. The molecule has 0 aliphatic carbocycles. The fourth-order valence-electron chi connectivity index (χ4n) is 3.68. The lowest BCUT2D eigenvalue weighted by molar-refractivity contribution is 0.215. The first kappa shape index (κ1) is 30.8. The van der Waals surface area contributed by atoms with Crippen LogP contribution in [0.3, 0.4) is 0 Å². The molecule has 11 heteroatoms. The van der Waals surface area contributed by atoms with Gasteiger partial charge in [-0.05, 0) is 65.5 Å². The molecule has 0 fully saturated rings. The third kappa shape index (κ3) is 13.2. The van der Waals surface area contributed by atoms with Crippen molar-refractivity contribution in [3.8, 4) is 37.0 Å². The molecule has 176 valence electrons. The third-order valence-electron chi connectivity index (χ3n) is 3.95. The lowest BCUT2D eigenvalue weighted by Gasteiger charge is -2.44. The molecule has 0 amide bonds. The van der Waals surface area contributed by atoms with E-state index in [2.05, 4.69) is 57.0 Å². The molecule has 0 bridgehead atoms. The predicted octanol–water partition coefficient (Wildman–Crippen LogP) is 5.56. The Kier molecular flexibility index (Phi) is 11.2. The van der Waals surface area contributed by atoms with Crippen LogP contribution in [0, 0.1) is 37.0 Å². The Balaban J connectivity index is 5.90. The molecule has 0 rings (SSSR count). The molecule has 0 N–H and O–H groups in total. The zero-order valence-corrected chi connectivity index (χ0v) is 27.4. The Bertz CT molecular complexity index is 684. The molecular formula is C20H42O5Si6. The van der Waals surface area contributed by atoms with E-state index in [1.54, 1.807) is 0 Å². The number of terminal acetylenes is 3. The molecule has 0 atom stereocenters. The van der Waals surface area contributed by atoms with E-state index in [0.29, 0.717) is 18.1 Å². The zero-order chi connectivity index (χ0) is 24.8. The minimum absolute atomic E-state index is 0.572. The van der Waals surface area contributed by atoms with Gasteiger partial charge in [-0.1, -0.05) is 0 Å². The fraction of sp³-hybridized carbons (Fsp3) is 0.700. The van der Waals surface area contributed by atoms with Crippen LogP contribution in [0.4, 0.5) is 0 Å². The van der Waals surface area contributed by atoms with Crippen molar-refractivity contribution in [2.24, 2.45) is 0 Å². The fourth-order valence-corrected chi connectivity index (χ4v) is 30.5. The Labute approximate surface area is 198 Å². The predicted molar refractivity (Wildman–Crippen MR) is 145 cm³/mol. The van der Waals surface area contributed by atoms with Gasteiger partial charge in [0.1, 0.15) is 0 Å². The minimum Gasteiger partial charge on any atom is -0.436 e. The number of hydrogen-bond donors (Lipinski definition) is 0. The zero-order valence-electron chi connectivity index (χ0n) is 21.4. The molecule has 0 saturated heterocycles. The summed E-state index contributed by atoms with van der Waals surface area (Å²) >= 11 is 0. The van der Waals surface area contributed by atoms with Crippen molar-refractivity contribution < 1.29 is 20.6 Å². The molecule has 0 aromatic carbocycles. The Morgan fingerprint density at radius 2 is 0.710 bits per heavy atom. The SMILES string of the molecule is C#CC[Si](C)(C)O[Si](C)(C)O[Si](C)(O[Si](C)(C)CC#C)O[Si](C)(C)O[Si](C)(C)CC#C. The second-order valence-corrected chi connectivity index (χ2v) is 33.6. The average Bonchev–Trinajstić information content (AvgIpc) is 2.40. The summed E-state index contributed by atoms with van der Waals surface area (Å²) < 4.78 is 33.0. The highest BCUT2D eigenvalue weighted by atomic mass is 28.5. The number of hydrogen-bond acceptors (Lipinski definition) is 5. The smallest absolute Gasteiger partial charge is 0.436 e.